The fraction of sp³-hybridized carbons (Fsp3) is 0.833. The van der Waals surface area contributed by atoms with Crippen LogP contribution in [-0.2, 0) is 18.3 Å². The minimum atomic E-state index is -0.213. The van der Waals surface area contributed by atoms with Gasteiger partial charge in [0, 0.05) is 26.1 Å². The van der Waals surface area contributed by atoms with E-state index in [-0.39, 0.29) is 18.1 Å². The second kappa shape index (κ2) is 8.17. The van der Waals surface area contributed by atoms with Crippen LogP contribution in [0.3, 0.4) is 0 Å². The second-order valence-corrected chi connectivity index (χ2v) is 7.59. The van der Waals surface area contributed by atoms with Gasteiger partial charge in [-0.05, 0) is 52.6 Å². The van der Waals surface area contributed by atoms with Gasteiger partial charge in [0.05, 0.1) is 12.6 Å². The summed E-state index contributed by atoms with van der Waals surface area (Å²) in [5.41, 5.74) is 0. The van der Waals surface area contributed by atoms with Crippen molar-refractivity contribution in [3.05, 3.63) is 11.6 Å². The molecule has 3 rings (SSSR count). The van der Waals surface area contributed by atoms with Gasteiger partial charge in [0.1, 0.15) is 11.6 Å². The third-order valence-electron chi connectivity index (χ3n) is 5.19. The quantitative estimate of drug-likeness (QED) is 0.836. The fourth-order valence-electron chi connectivity index (χ4n) is 3.82. The molecule has 140 valence electrons. The van der Waals surface area contributed by atoms with E-state index in [4.69, 9.17) is 4.74 Å². The molecule has 0 aromatic carbocycles. The molecular formula is C18H31N5O2. The van der Waals surface area contributed by atoms with Crippen molar-refractivity contribution in [1.82, 2.24) is 24.6 Å². The summed E-state index contributed by atoms with van der Waals surface area (Å²) in [7, 11) is 2.06. The SMILES string of the molecule is CC(C)OC(=O)N1CCCC(c2nnc(CN3CCCCC3)n2C)C1. The molecule has 0 N–H and O–H groups in total. The highest BCUT2D eigenvalue weighted by molar-refractivity contribution is 5.68. The number of hydrogen-bond donors (Lipinski definition) is 0. The zero-order valence-corrected chi connectivity index (χ0v) is 15.8. The van der Waals surface area contributed by atoms with E-state index in [1.54, 1.807) is 0 Å². The van der Waals surface area contributed by atoms with Crippen LogP contribution in [-0.4, -0.2) is 62.9 Å². The smallest absolute Gasteiger partial charge is 0.410 e. The molecule has 0 radical (unpaired) electrons. The van der Waals surface area contributed by atoms with Crippen molar-refractivity contribution in [2.75, 3.05) is 26.2 Å². The Kier molecular flexibility index (Phi) is 5.93. The van der Waals surface area contributed by atoms with Crippen LogP contribution < -0.4 is 0 Å². The zero-order valence-electron chi connectivity index (χ0n) is 15.8. The van der Waals surface area contributed by atoms with Crippen molar-refractivity contribution >= 4 is 6.09 Å². The van der Waals surface area contributed by atoms with Crippen LogP contribution in [0.5, 0.6) is 0 Å². The fourth-order valence-corrected chi connectivity index (χ4v) is 3.82. The average Bonchev–Trinajstić information content (AvgIpc) is 2.96. The maximum atomic E-state index is 12.2. The first-order valence-corrected chi connectivity index (χ1v) is 9.60. The van der Waals surface area contributed by atoms with Crippen LogP contribution >= 0.6 is 0 Å². The zero-order chi connectivity index (χ0) is 17.8. The molecule has 0 aliphatic carbocycles. The maximum absolute atomic E-state index is 12.2. The van der Waals surface area contributed by atoms with Crippen LogP contribution in [0.15, 0.2) is 0 Å². The molecule has 2 aliphatic rings. The van der Waals surface area contributed by atoms with Gasteiger partial charge in [0.2, 0.25) is 0 Å². The molecular weight excluding hydrogens is 318 g/mol. The number of carbonyl (C=O) groups excluding carboxylic acids is 1. The minimum absolute atomic E-state index is 0.0844. The Morgan fingerprint density at radius 1 is 1.16 bits per heavy atom. The van der Waals surface area contributed by atoms with Gasteiger partial charge in [-0.25, -0.2) is 4.79 Å². The lowest BCUT2D eigenvalue weighted by molar-refractivity contribution is 0.0675. The summed E-state index contributed by atoms with van der Waals surface area (Å²) in [6.45, 7) is 8.38. The van der Waals surface area contributed by atoms with Gasteiger partial charge < -0.3 is 14.2 Å². The topological polar surface area (TPSA) is 63.5 Å². The number of ether oxygens (including phenoxy) is 1. The van der Waals surface area contributed by atoms with E-state index in [9.17, 15) is 4.79 Å². The Bertz CT molecular complexity index is 580. The van der Waals surface area contributed by atoms with Gasteiger partial charge in [-0.1, -0.05) is 6.42 Å². The number of carbonyl (C=O) groups is 1. The molecule has 3 heterocycles. The van der Waals surface area contributed by atoms with Gasteiger partial charge in [-0.2, -0.15) is 0 Å². The summed E-state index contributed by atoms with van der Waals surface area (Å²) in [6.07, 6.45) is 5.62. The highest BCUT2D eigenvalue weighted by Crippen LogP contribution is 2.26. The Hall–Kier alpha value is -1.63. The molecule has 0 saturated carbocycles. The molecule has 7 heteroatoms. The largest absolute Gasteiger partial charge is 0.447 e. The third-order valence-corrected chi connectivity index (χ3v) is 5.19. The lowest BCUT2D eigenvalue weighted by Crippen LogP contribution is -2.40. The molecule has 2 aliphatic heterocycles. The molecule has 0 spiro atoms. The molecule has 1 unspecified atom stereocenters. The molecule has 7 nitrogen and oxygen atoms in total. The van der Waals surface area contributed by atoms with Crippen molar-refractivity contribution in [3.63, 3.8) is 0 Å². The lowest BCUT2D eigenvalue weighted by atomic mass is 9.97. The monoisotopic (exact) mass is 349 g/mol. The summed E-state index contributed by atoms with van der Waals surface area (Å²) in [6, 6.07) is 0. The first kappa shape index (κ1) is 18.2. The van der Waals surface area contributed by atoms with Crippen molar-refractivity contribution < 1.29 is 9.53 Å². The summed E-state index contributed by atoms with van der Waals surface area (Å²) >= 11 is 0. The second-order valence-electron chi connectivity index (χ2n) is 7.59. The standard InChI is InChI=1S/C18H31N5O2/c1-14(2)25-18(24)23-11-7-8-15(12-23)17-20-19-16(21(17)3)13-22-9-5-4-6-10-22/h14-15H,4-13H2,1-3H3. The number of amides is 1. The number of rotatable bonds is 4. The van der Waals surface area contributed by atoms with Gasteiger partial charge in [-0.3, -0.25) is 4.90 Å². The molecule has 1 amide bonds. The maximum Gasteiger partial charge on any atom is 0.410 e. The summed E-state index contributed by atoms with van der Waals surface area (Å²) in [5, 5.41) is 8.91. The van der Waals surface area contributed by atoms with E-state index in [1.807, 2.05) is 18.7 Å². The van der Waals surface area contributed by atoms with Crippen molar-refractivity contribution in [2.45, 2.75) is 64.5 Å². The van der Waals surface area contributed by atoms with Crippen LogP contribution in [0, 0.1) is 0 Å². The molecule has 1 aromatic rings. The molecule has 1 aromatic heterocycles. The predicted molar refractivity (Wildman–Crippen MR) is 95.3 cm³/mol. The van der Waals surface area contributed by atoms with Crippen molar-refractivity contribution in [1.29, 1.82) is 0 Å². The Morgan fingerprint density at radius 2 is 1.92 bits per heavy atom. The normalized spacial score (nSPS) is 22.4. The van der Waals surface area contributed by atoms with E-state index in [0.717, 1.165) is 50.7 Å². The van der Waals surface area contributed by atoms with Gasteiger partial charge in [0.15, 0.2) is 0 Å². The molecule has 1 atom stereocenters. The average molecular weight is 349 g/mol. The van der Waals surface area contributed by atoms with E-state index < -0.39 is 0 Å². The van der Waals surface area contributed by atoms with Crippen LogP contribution in [0.1, 0.15) is 63.5 Å². The van der Waals surface area contributed by atoms with Gasteiger partial charge >= 0.3 is 6.09 Å². The number of aromatic nitrogens is 3. The van der Waals surface area contributed by atoms with Crippen LogP contribution in [0.2, 0.25) is 0 Å². The lowest BCUT2D eigenvalue weighted by Gasteiger charge is -2.32. The number of likely N-dealkylation sites (tertiary alicyclic amines) is 2. The van der Waals surface area contributed by atoms with Gasteiger partial charge in [-0.15, -0.1) is 10.2 Å². The predicted octanol–water partition coefficient (Wildman–Crippen LogP) is 2.53. The van der Waals surface area contributed by atoms with Crippen LogP contribution in [0.4, 0.5) is 4.79 Å². The first-order valence-electron chi connectivity index (χ1n) is 9.60. The molecule has 0 bridgehead atoms. The summed E-state index contributed by atoms with van der Waals surface area (Å²) in [4.78, 5) is 16.5. The van der Waals surface area contributed by atoms with E-state index in [0.29, 0.717) is 6.54 Å². The highest BCUT2D eigenvalue weighted by atomic mass is 16.6. The molecule has 2 fully saturated rings. The third kappa shape index (κ3) is 4.51. The summed E-state index contributed by atoms with van der Waals surface area (Å²) in [5.74, 6) is 2.26. The minimum Gasteiger partial charge on any atom is -0.447 e. The van der Waals surface area contributed by atoms with Gasteiger partial charge in [0.25, 0.3) is 0 Å². The Labute approximate surface area is 150 Å². The highest BCUT2D eigenvalue weighted by Gasteiger charge is 2.29. The van der Waals surface area contributed by atoms with E-state index >= 15 is 0 Å². The van der Waals surface area contributed by atoms with Crippen molar-refractivity contribution in [2.24, 2.45) is 7.05 Å². The summed E-state index contributed by atoms with van der Waals surface area (Å²) < 4.78 is 7.48. The van der Waals surface area contributed by atoms with E-state index in [2.05, 4.69) is 26.7 Å². The number of piperidine rings is 2. The number of nitrogens with zero attached hydrogens (tertiary/aromatic N) is 5. The Balaban J connectivity index is 1.64. The van der Waals surface area contributed by atoms with Crippen LogP contribution in [0.25, 0.3) is 0 Å². The molecule has 25 heavy (non-hydrogen) atoms. The first-order chi connectivity index (χ1) is 12.0. The van der Waals surface area contributed by atoms with E-state index in [1.165, 1.54) is 19.3 Å². The molecule has 2 saturated heterocycles. The van der Waals surface area contributed by atoms with Crippen molar-refractivity contribution in [3.8, 4) is 0 Å². The number of hydrogen-bond acceptors (Lipinski definition) is 5. The Morgan fingerprint density at radius 3 is 2.64 bits per heavy atom.